The van der Waals surface area contributed by atoms with Crippen LogP contribution in [0.5, 0.6) is 11.5 Å². The molecule has 0 aromatic heterocycles. The molecule has 1 aromatic carbocycles. The molecule has 0 aliphatic rings. The number of carboxylic acid groups (broad SMARTS) is 1. The minimum absolute atomic E-state index is 0.184. The summed E-state index contributed by atoms with van der Waals surface area (Å²) in [5, 5.41) is 18.4. The van der Waals surface area contributed by atoms with Crippen LogP contribution in [-0.2, 0) is 4.79 Å². The van der Waals surface area contributed by atoms with Crippen molar-refractivity contribution in [3.05, 3.63) is 17.7 Å². The van der Waals surface area contributed by atoms with E-state index >= 15 is 0 Å². The zero-order valence-electron chi connectivity index (χ0n) is 9.76. The quantitative estimate of drug-likeness (QED) is 0.780. The van der Waals surface area contributed by atoms with Gasteiger partial charge in [-0.2, -0.15) is 0 Å². The van der Waals surface area contributed by atoms with Crippen LogP contribution in [0.3, 0.4) is 0 Å². The van der Waals surface area contributed by atoms with Crippen molar-refractivity contribution >= 4 is 17.7 Å². The first-order valence-corrected chi connectivity index (χ1v) is 5.98. The van der Waals surface area contributed by atoms with Gasteiger partial charge in [0.2, 0.25) is 0 Å². The lowest BCUT2D eigenvalue weighted by atomic mass is 10.1. The molecule has 2 N–H and O–H groups in total. The first-order valence-electron chi connectivity index (χ1n) is 4.76. The molecule has 0 heterocycles. The maximum Gasteiger partial charge on any atom is 0.337 e. The largest absolute Gasteiger partial charge is 0.497 e. The van der Waals surface area contributed by atoms with Gasteiger partial charge in [0.1, 0.15) is 11.5 Å². The van der Waals surface area contributed by atoms with E-state index < -0.39 is 12.1 Å². The van der Waals surface area contributed by atoms with Gasteiger partial charge >= 0.3 is 5.97 Å². The molecule has 1 rings (SSSR count). The van der Waals surface area contributed by atoms with Crippen LogP contribution < -0.4 is 9.47 Å². The number of aliphatic hydroxyl groups excluding tert-OH is 1. The summed E-state index contributed by atoms with van der Waals surface area (Å²) in [7, 11) is 2.91. The first-order chi connectivity index (χ1) is 8.04. The molecule has 0 fully saturated rings. The molecule has 17 heavy (non-hydrogen) atoms. The van der Waals surface area contributed by atoms with Crippen molar-refractivity contribution < 1.29 is 24.5 Å². The molecule has 1 atom stereocenters. The highest BCUT2D eigenvalue weighted by atomic mass is 32.2. The van der Waals surface area contributed by atoms with Gasteiger partial charge in [-0.25, -0.2) is 4.79 Å². The van der Waals surface area contributed by atoms with E-state index in [0.717, 1.165) is 0 Å². The fraction of sp³-hybridized carbons (Fsp3) is 0.364. The van der Waals surface area contributed by atoms with Crippen LogP contribution in [0.1, 0.15) is 11.7 Å². The zero-order chi connectivity index (χ0) is 13.0. The second-order valence-electron chi connectivity index (χ2n) is 3.19. The highest BCUT2D eigenvalue weighted by molar-refractivity contribution is 7.98. The lowest BCUT2D eigenvalue weighted by Crippen LogP contribution is -2.12. The molecule has 0 aliphatic carbocycles. The maximum atomic E-state index is 10.8. The molecule has 0 bridgehead atoms. The van der Waals surface area contributed by atoms with E-state index in [1.54, 1.807) is 6.07 Å². The van der Waals surface area contributed by atoms with E-state index in [1.165, 1.54) is 32.0 Å². The lowest BCUT2D eigenvalue weighted by Gasteiger charge is -2.16. The van der Waals surface area contributed by atoms with Crippen molar-refractivity contribution in [2.24, 2.45) is 0 Å². The van der Waals surface area contributed by atoms with Crippen molar-refractivity contribution in [1.82, 2.24) is 0 Å². The molecule has 1 unspecified atom stereocenters. The number of carbonyl (C=O) groups is 1. The Labute approximate surface area is 103 Å². The number of methoxy groups -OCH3 is 2. The minimum atomic E-state index is -1.63. The predicted molar refractivity (Wildman–Crippen MR) is 63.9 cm³/mol. The van der Waals surface area contributed by atoms with Crippen LogP contribution in [0, 0.1) is 0 Å². The van der Waals surface area contributed by atoms with Gasteiger partial charge in [0.05, 0.1) is 19.1 Å². The Morgan fingerprint density at radius 3 is 2.41 bits per heavy atom. The van der Waals surface area contributed by atoms with Gasteiger partial charge in [-0.1, -0.05) is 0 Å². The summed E-state index contributed by atoms with van der Waals surface area (Å²) < 4.78 is 10.2. The molecular weight excluding hydrogens is 244 g/mol. The van der Waals surface area contributed by atoms with Crippen molar-refractivity contribution in [2.75, 3.05) is 20.5 Å². The van der Waals surface area contributed by atoms with Crippen molar-refractivity contribution in [2.45, 2.75) is 11.0 Å². The predicted octanol–water partition coefficient (Wildman–Crippen LogP) is 1.54. The number of hydrogen-bond donors (Lipinski definition) is 2. The smallest absolute Gasteiger partial charge is 0.337 e. The standard InChI is InChI=1S/C11H14O5S/c1-15-6-4-7(9(12)11(13)14)10(16-2)8(5-6)17-3/h4-5,9,12H,1-3H3,(H,13,14). The van der Waals surface area contributed by atoms with E-state index in [9.17, 15) is 9.90 Å². The second kappa shape index (κ2) is 5.79. The number of aliphatic carboxylic acids is 1. The van der Waals surface area contributed by atoms with Gasteiger partial charge in [-0.15, -0.1) is 11.8 Å². The number of rotatable bonds is 5. The van der Waals surface area contributed by atoms with Crippen LogP contribution in [-0.4, -0.2) is 36.7 Å². The van der Waals surface area contributed by atoms with Crippen LogP contribution >= 0.6 is 11.8 Å². The Bertz CT molecular complexity index is 419. The zero-order valence-corrected chi connectivity index (χ0v) is 10.6. The summed E-state index contributed by atoms with van der Waals surface area (Å²) in [5.41, 5.74) is 0.184. The Hall–Kier alpha value is -1.40. The van der Waals surface area contributed by atoms with E-state index in [1.807, 2.05) is 6.26 Å². The topological polar surface area (TPSA) is 76.0 Å². The van der Waals surface area contributed by atoms with Gasteiger partial charge in [0.15, 0.2) is 6.10 Å². The van der Waals surface area contributed by atoms with Crippen LogP contribution in [0.2, 0.25) is 0 Å². The van der Waals surface area contributed by atoms with Gasteiger partial charge in [-0.05, 0) is 18.4 Å². The highest BCUT2D eigenvalue weighted by Crippen LogP contribution is 2.38. The molecule has 0 saturated carbocycles. The van der Waals surface area contributed by atoms with Crippen LogP contribution in [0.25, 0.3) is 0 Å². The summed E-state index contributed by atoms with van der Waals surface area (Å²) >= 11 is 1.38. The second-order valence-corrected chi connectivity index (χ2v) is 4.04. The first kappa shape index (κ1) is 13.7. The van der Waals surface area contributed by atoms with Crippen molar-refractivity contribution in [1.29, 1.82) is 0 Å². The molecule has 5 nitrogen and oxygen atoms in total. The third-order valence-corrected chi connectivity index (χ3v) is 2.99. The Morgan fingerprint density at radius 1 is 1.35 bits per heavy atom. The highest BCUT2D eigenvalue weighted by Gasteiger charge is 2.23. The van der Waals surface area contributed by atoms with Crippen molar-refractivity contribution in [3.63, 3.8) is 0 Å². The van der Waals surface area contributed by atoms with Gasteiger partial charge in [0.25, 0.3) is 0 Å². The average molecular weight is 258 g/mol. The van der Waals surface area contributed by atoms with Crippen molar-refractivity contribution in [3.8, 4) is 11.5 Å². The number of hydrogen-bond acceptors (Lipinski definition) is 5. The van der Waals surface area contributed by atoms with Gasteiger partial charge < -0.3 is 19.7 Å². The molecule has 6 heteroatoms. The van der Waals surface area contributed by atoms with E-state index in [4.69, 9.17) is 14.6 Å². The molecule has 0 radical (unpaired) electrons. The molecule has 0 saturated heterocycles. The average Bonchev–Trinajstić information content (AvgIpc) is 2.35. The number of ether oxygens (including phenoxy) is 2. The SMILES string of the molecule is COc1cc(SC)c(OC)c(C(O)C(=O)O)c1. The van der Waals surface area contributed by atoms with Crippen LogP contribution in [0.15, 0.2) is 17.0 Å². The summed E-state index contributed by atoms with van der Waals surface area (Å²) in [4.78, 5) is 11.5. The van der Waals surface area contributed by atoms with Gasteiger partial charge in [-0.3, -0.25) is 0 Å². The lowest BCUT2D eigenvalue weighted by molar-refractivity contribution is -0.147. The molecule has 94 valence electrons. The number of aliphatic hydroxyl groups is 1. The minimum Gasteiger partial charge on any atom is -0.497 e. The van der Waals surface area contributed by atoms with Gasteiger partial charge in [0, 0.05) is 5.56 Å². The molecule has 0 aliphatic heterocycles. The number of carboxylic acids is 1. The van der Waals surface area contributed by atoms with E-state index in [2.05, 4.69) is 0 Å². The number of benzene rings is 1. The Balaban J connectivity index is 3.38. The summed E-state index contributed by atoms with van der Waals surface area (Å²) in [5.74, 6) is -0.498. The summed E-state index contributed by atoms with van der Waals surface area (Å²) in [6.07, 6.45) is 0.194. The molecule has 0 amide bonds. The van der Waals surface area contributed by atoms with Crippen LogP contribution in [0.4, 0.5) is 0 Å². The summed E-state index contributed by atoms with van der Waals surface area (Å²) in [6.45, 7) is 0. The van der Waals surface area contributed by atoms with E-state index in [-0.39, 0.29) is 5.56 Å². The third kappa shape index (κ3) is 2.83. The molecular formula is C11H14O5S. The third-order valence-electron chi connectivity index (χ3n) is 2.25. The normalized spacial score (nSPS) is 12.0. The number of thioether (sulfide) groups is 1. The fourth-order valence-electron chi connectivity index (χ4n) is 1.42. The Kier molecular flexibility index (Phi) is 4.65. The Morgan fingerprint density at radius 2 is 2.00 bits per heavy atom. The molecule has 0 spiro atoms. The monoisotopic (exact) mass is 258 g/mol. The van der Waals surface area contributed by atoms with E-state index in [0.29, 0.717) is 16.4 Å². The maximum absolute atomic E-state index is 10.8. The fourth-order valence-corrected chi connectivity index (χ4v) is 2.04. The molecule has 1 aromatic rings. The summed E-state index contributed by atoms with van der Waals surface area (Å²) in [6, 6.07) is 3.18.